The second kappa shape index (κ2) is 4.81. The van der Waals surface area contributed by atoms with Crippen molar-refractivity contribution in [3.05, 3.63) is 39.1 Å². The number of aryl methyl sites for hydroxylation is 2. The van der Waals surface area contributed by atoms with Crippen LogP contribution in [-0.4, -0.2) is 15.9 Å². The van der Waals surface area contributed by atoms with E-state index < -0.39 is 0 Å². The molecule has 0 aliphatic carbocycles. The second-order valence-corrected chi connectivity index (χ2v) is 5.15. The SMILES string of the molecule is Cc1ncc(NC(=O)c2cc(Cl)c(C)s2)cn1. The van der Waals surface area contributed by atoms with E-state index in [9.17, 15) is 4.79 Å². The van der Waals surface area contributed by atoms with E-state index in [1.807, 2.05) is 6.92 Å². The van der Waals surface area contributed by atoms with Crippen molar-refractivity contribution in [2.45, 2.75) is 13.8 Å². The summed E-state index contributed by atoms with van der Waals surface area (Å²) in [6.07, 6.45) is 3.14. The number of anilines is 1. The number of aromatic nitrogens is 2. The molecule has 2 rings (SSSR count). The molecule has 0 bridgehead atoms. The summed E-state index contributed by atoms with van der Waals surface area (Å²) in [7, 11) is 0. The Morgan fingerprint density at radius 1 is 1.35 bits per heavy atom. The molecule has 0 spiro atoms. The van der Waals surface area contributed by atoms with Crippen molar-refractivity contribution in [3.8, 4) is 0 Å². The van der Waals surface area contributed by atoms with E-state index in [1.54, 1.807) is 25.4 Å². The maximum atomic E-state index is 11.8. The van der Waals surface area contributed by atoms with Gasteiger partial charge >= 0.3 is 0 Å². The Labute approximate surface area is 108 Å². The molecule has 0 saturated carbocycles. The first-order chi connectivity index (χ1) is 8.06. The number of carbonyl (C=O) groups is 1. The molecule has 2 heterocycles. The van der Waals surface area contributed by atoms with Gasteiger partial charge in [-0.15, -0.1) is 11.3 Å². The van der Waals surface area contributed by atoms with Gasteiger partial charge in [0, 0.05) is 4.88 Å². The van der Waals surface area contributed by atoms with Gasteiger partial charge in [0.15, 0.2) is 0 Å². The Bertz CT molecular complexity index is 531. The predicted molar refractivity (Wildman–Crippen MR) is 68.8 cm³/mol. The third-order valence-corrected chi connectivity index (χ3v) is 3.67. The number of hydrogen-bond acceptors (Lipinski definition) is 4. The van der Waals surface area contributed by atoms with Crippen LogP contribution in [-0.2, 0) is 0 Å². The molecule has 0 saturated heterocycles. The lowest BCUT2D eigenvalue weighted by atomic mass is 10.4. The van der Waals surface area contributed by atoms with Crippen LogP contribution in [0, 0.1) is 13.8 Å². The first kappa shape index (κ1) is 12.0. The van der Waals surface area contributed by atoms with Gasteiger partial charge in [0.25, 0.3) is 5.91 Å². The maximum Gasteiger partial charge on any atom is 0.265 e. The number of carbonyl (C=O) groups excluding carboxylic acids is 1. The van der Waals surface area contributed by atoms with Gasteiger partial charge in [0.05, 0.1) is 28.0 Å². The fraction of sp³-hybridized carbons (Fsp3) is 0.182. The van der Waals surface area contributed by atoms with Crippen LogP contribution < -0.4 is 5.32 Å². The standard InChI is InChI=1S/C11H10ClN3OS/c1-6-9(12)3-10(17-6)11(16)15-8-4-13-7(2)14-5-8/h3-5H,1-2H3,(H,15,16). The number of hydrogen-bond donors (Lipinski definition) is 1. The third-order valence-electron chi connectivity index (χ3n) is 2.12. The molecule has 2 aromatic heterocycles. The smallest absolute Gasteiger partial charge is 0.265 e. The topological polar surface area (TPSA) is 54.9 Å². The Morgan fingerprint density at radius 3 is 2.53 bits per heavy atom. The highest BCUT2D eigenvalue weighted by Crippen LogP contribution is 2.26. The summed E-state index contributed by atoms with van der Waals surface area (Å²) in [5.41, 5.74) is 0.572. The fourth-order valence-corrected chi connectivity index (χ4v) is 2.32. The lowest BCUT2D eigenvalue weighted by molar-refractivity contribution is 0.103. The first-order valence-electron chi connectivity index (χ1n) is 4.92. The van der Waals surface area contributed by atoms with Crippen LogP contribution >= 0.6 is 22.9 Å². The molecule has 0 aliphatic rings. The first-order valence-corrected chi connectivity index (χ1v) is 6.11. The number of nitrogens with zero attached hydrogens (tertiary/aromatic N) is 2. The van der Waals surface area contributed by atoms with Crippen molar-refractivity contribution in [1.82, 2.24) is 9.97 Å². The fourth-order valence-electron chi connectivity index (χ4n) is 1.22. The van der Waals surface area contributed by atoms with Crippen LogP contribution in [0.25, 0.3) is 0 Å². The van der Waals surface area contributed by atoms with Gasteiger partial charge in [-0.3, -0.25) is 4.79 Å². The van der Waals surface area contributed by atoms with Crippen molar-refractivity contribution in [2.24, 2.45) is 0 Å². The Balaban J connectivity index is 2.14. The third kappa shape index (κ3) is 2.81. The lowest BCUT2D eigenvalue weighted by Gasteiger charge is -2.02. The van der Waals surface area contributed by atoms with Crippen molar-refractivity contribution in [1.29, 1.82) is 0 Å². The molecule has 1 amide bonds. The minimum Gasteiger partial charge on any atom is -0.319 e. The summed E-state index contributed by atoms with van der Waals surface area (Å²) in [5.74, 6) is 0.468. The van der Waals surface area contributed by atoms with Gasteiger partial charge in [-0.2, -0.15) is 0 Å². The van der Waals surface area contributed by atoms with E-state index in [0.29, 0.717) is 21.4 Å². The minimum atomic E-state index is -0.197. The molecule has 0 radical (unpaired) electrons. The highest BCUT2D eigenvalue weighted by molar-refractivity contribution is 7.14. The van der Waals surface area contributed by atoms with Crippen LogP contribution in [0.4, 0.5) is 5.69 Å². The van der Waals surface area contributed by atoms with Gasteiger partial charge in [-0.25, -0.2) is 9.97 Å². The summed E-state index contributed by atoms with van der Waals surface area (Å²) in [5, 5.41) is 3.33. The van der Waals surface area contributed by atoms with Crippen LogP contribution in [0.2, 0.25) is 5.02 Å². The molecule has 6 heteroatoms. The lowest BCUT2D eigenvalue weighted by Crippen LogP contribution is -2.10. The monoisotopic (exact) mass is 267 g/mol. The number of rotatable bonds is 2. The zero-order valence-corrected chi connectivity index (χ0v) is 10.9. The largest absolute Gasteiger partial charge is 0.319 e. The predicted octanol–water partition coefficient (Wildman–Crippen LogP) is 3.06. The van der Waals surface area contributed by atoms with E-state index in [0.717, 1.165) is 4.88 Å². The molecule has 0 aliphatic heterocycles. The van der Waals surface area contributed by atoms with E-state index in [2.05, 4.69) is 15.3 Å². The molecule has 17 heavy (non-hydrogen) atoms. The number of halogens is 1. The highest BCUT2D eigenvalue weighted by atomic mass is 35.5. The van der Waals surface area contributed by atoms with E-state index in [-0.39, 0.29) is 5.91 Å². The van der Waals surface area contributed by atoms with Crippen LogP contribution in [0.5, 0.6) is 0 Å². The van der Waals surface area contributed by atoms with Crippen molar-refractivity contribution in [3.63, 3.8) is 0 Å². The van der Waals surface area contributed by atoms with E-state index in [4.69, 9.17) is 11.6 Å². The molecular formula is C11H10ClN3OS. The molecule has 4 nitrogen and oxygen atoms in total. The number of thiophene rings is 1. The van der Waals surface area contributed by atoms with Crippen molar-refractivity contribution >= 4 is 34.5 Å². The summed E-state index contributed by atoms with van der Waals surface area (Å²) < 4.78 is 0. The molecular weight excluding hydrogens is 258 g/mol. The van der Waals surface area contributed by atoms with E-state index in [1.165, 1.54) is 11.3 Å². The van der Waals surface area contributed by atoms with Crippen molar-refractivity contribution < 1.29 is 4.79 Å². The Kier molecular flexibility index (Phi) is 3.40. The molecule has 0 aromatic carbocycles. The molecule has 0 fully saturated rings. The average Bonchev–Trinajstić information content (AvgIpc) is 2.63. The van der Waals surface area contributed by atoms with Gasteiger partial charge in [-0.1, -0.05) is 11.6 Å². The summed E-state index contributed by atoms with van der Waals surface area (Å²) in [6.45, 7) is 3.66. The van der Waals surface area contributed by atoms with Gasteiger partial charge in [0.1, 0.15) is 5.82 Å². The minimum absolute atomic E-state index is 0.197. The number of nitrogens with one attached hydrogen (secondary N) is 1. The van der Waals surface area contributed by atoms with Crippen LogP contribution in [0.1, 0.15) is 20.4 Å². The quantitative estimate of drug-likeness (QED) is 0.910. The molecule has 0 atom stereocenters. The van der Waals surface area contributed by atoms with E-state index >= 15 is 0 Å². The Hall–Kier alpha value is -1.46. The van der Waals surface area contributed by atoms with Gasteiger partial charge in [0.2, 0.25) is 0 Å². The Morgan fingerprint density at radius 2 is 2.00 bits per heavy atom. The molecule has 0 unspecified atom stereocenters. The van der Waals surface area contributed by atoms with Crippen molar-refractivity contribution in [2.75, 3.05) is 5.32 Å². The summed E-state index contributed by atoms with van der Waals surface area (Å²) >= 11 is 7.26. The summed E-state index contributed by atoms with van der Waals surface area (Å²) in [6, 6.07) is 1.66. The molecule has 88 valence electrons. The average molecular weight is 268 g/mol. The normalized spacial score (nSPS) is 10.3. The highest BCUT2D eigenvalue weighted by Gasteiger charge is 2.11. The van der Waals surface area contributed by atoms with Gasteiger partial charge in [-0.05, 0) is 19.9 Å². The van der Waals surface area contributed by atoms with Crippen LogP contribution in [0.15, 0.2) is 18.5 Å². The molecule has 1 N–H and O–H groups in total. The molecule has 2 aromatic rings. The van der Waals surface area contributed by atoms with Gasteiger partial charge < -0.3 is 5.32 Å². The number of amides is 1. The zero-order chi connectivity index (χ0) is 12.4. The second-order valence-electron chi connectivity index (χ2n) is 3.49. The maximum absolute atomic E-state index is 11.8. The zero-order valence-electron chi connectivity index (χ0n) is 9.32. The van der Waals surface area contributed by atoms with Crippen LogP contribution in [0.3, 0.4) is 0 Å². The summed E-state index contributed by atoms with van der Waals surface area (Å²) in [4.78, 5) is 21.4.